The van der Waals surface area contributed by atoms with E-state index < -0.39 is 17.3 Å². The van der Waals surface area contributed by atoms with Crippen molar-refractivity contribution in [1.82, 2.24) is 15.0 Å². The van der Waals surface area contributed by atoms with Gasteiger partial charge in [-0.25, -0.2) is 15.0 Å². The Labute approximate surface area is 204 Å². The van der Waals surface area contributed by atoms with Crippen LogP contribution >= 0.6 is 11.3 Å². The van der Waals surface area contributed by atoms with Crippen molar-refractivity contribution in [1.29, 1.82) is 0 Å². The van der Waals surface area contributed by atoms with Crippen molar-refractivity contribution < 1.29 is 27.8 Å². The number of nitrogens with one attached hydrogen (secondary N) is 1. The van der Waals surface area contributed by atoms with Gasteiger partial charge in [0.1, 0.15) is 22.2 Å². The summed E-state index contributed by atoms with van der Waals surface area (Å²) in [5, 5.41) is 14.7. The normalized spacial score (nSPS) is 20.8. The fourth-order valence-electron chi connectivity index (χ4n) is 4.21. The molecule has 186 valence electrons. The van der Waals surface area contributed by atoms with Crippen molar-refractivity contribution in [2.75, 3.05) is 12.4 Å². The van der Waals surface area contributed by atoms with Gasteiger partial charge in [-0.1, -0.05) is 0 Å². The lowest BCUT2D eigenvalue weighted by Gasteiger charge is -2.23. The number of anilines is 2. The smallest absolute Gasteiger partial charge is 0.416 e. The number of aromatic nitrogens is 3. The summed E-state index contributed by atoms with van der Waals surface area (Å²) in [6, 6.07) is 5.38. The molecule has 0 amide bonds. The van der Waals surface area contributed by atoms with Crippen molar-refractivity contribution in [3.8, 4) is 10.6 Å². The van der Waals surface area contributed by atoms with E-state index in [-0.39, 0.29) is 17.7 Å². The summed E-state index contributed by atoms with van der Waals surface area (Å²) in [6.45, 7) is 1.85. The minimum absolute atomic E-state index is 0.0294. The standard InChI is InChI=1S/C24H25F3N4O3S/c1-14-10-17(30-20(11-14)31-19-12-16(6-9-28-19)24(25,26)27)18-13-29-22(35-18)23(33)7-3-4-15(5-8-23)21(32)34-2/h6,9-13,15,33H,3-5,7-8H2,1-2H3,(H,28,30,31). The number of thiazole rings is 1. The first-order chi connectivity index (χ1) is 16.6. The van der Waals surface area contributed by atoms with Crippen LogP contribution in [0.5, 0.6) is 0 Å². The second kappa shape index (κ2) is 9.90. The number of nitrogens with zero attached hydrogens (tertiary/aromatic N) is 3. The van der Waals surface area contributed by atoms with E-state index in [0.717, 1.165) is 23.9 Å². The zero-order chi connectivity index (χ0) is 25.2. The topological polar surface area (TPSA) is 97.2 Å². The second-order valence-corrected chi connectivity index (χ2v) is 9.71. The average molecular weight is 507 g/mol. The zero-order valence-corrected chi connectivity index (χ0v) is 20.0. The number of ether oxygens (including phenoxy) is 1. The lowest BCUT2D eigenvalue weighted by molar-refractivity contribution is -0.146. The van der Waals surface area contributed by atoms with Gasteiger partial charge in [0.15, 0.2) is 0 Å². The Bertz CT molecular complexity index is 1220. The number of hydrogen-bond acceptors (Lipinski definition) is 8. The number of esters is 1. The first kappa shape index (κ1) is 25.1. The molecule has 0 bridgehead atoms. The number of hydrogen-bond donors (Lipinski definition) is 2. The van der Waals surface area contributed by atoms with Crippen LogP contribution in [0.3, 0.4) is 0 Å². The molecule has 2 atom stereocenters. The molecule has 11 heteroatoms. The highest BCUT2D eigenvalue weighted by Crippen LogP contribution is 2.41. The van der Waals surface area contributed by atoms with Crippen LogP contribution < -0.4 is 5.32 Å². The number of carbonyl (C=O) groups excluding carboxylic acids is 1. The molecular formula is C24H25F3N4O3S. The van der Waals surface area contributed by atoms with Gasteiger partial charge in [-0.05, 0) is 68.9 Å². The van der Waals surface area contributed by atoms with Crippen LogP contribution in [0.2, 0.25) is 0 Å². The third-order valence-corrected chi connectivity index (χ3v) is 7.27. The maximum absolute atomic E-state index is 13.0. The van der Waals surface area contributed by atoms with Gasteiger partial charge >= 0.3 is 12.1 Å². The van der Waals surface area contributed by atoms with Crippen molar-refractivity contribution in [2.24, 2.45) is 5.92 Å². The Morgan fingerprint density at radius 2 is 2.00 bits per heavy atom. The molecule has 2 N–H and O–H groups in total. The minimum atomic E-state index is -4.47. The molecule has 35 heavy (non-hydrogen) atoms. The maximum Gasteiger partial charge on any atom is 0.416 e. The first-order valence-corrected chi connectivity index (χ1v) is 11.9. The summed E-state index contributed by atoms with van der Waals surface area (Å²) >= 11 is 1.31. The molecule has 3 aromatic heterocycles. The quantitative estimate of drug-likeness (QED) is 0.343. The van der Waals surface area contributed by atoms with Crippen molar-refractivity contribution in [3.05, 3.63) is 52.8 Å². The van der Waals surface area contributed by atoms with E-state index in [2.05, 4.69) is 20.3 Å². The number of aliphatic hydroxyl groups is 1. The second-order valence-electron chi connectivity index (χ2n) is 8.68. The molecule has 1 aliphatic carbocycles. The van der Waals surface area contributed by atoms with E-state index in [9.17, 15) is 23.1 Å². The number of carbonyl (C=O) groups is 1. The largest absolute Gasteiger partial charge is 0.469 e. The maximum atomic E-state index is 13.0. The lowest BCUT2D eigenvalue weighted by Crippen LogP contribution is -2.25. The Hall–Kier alpha value is -3.05. The Kier molecular flexibility index (Phi) is 7.09. The molecule has 3 heterocycles. The monoisotopic (exact) mass is 506 g/mol. The molecule has 0 spiro atoms. The molecule has 2 unspecified atom stereocenters. The summed E-state index contributed by atoms with van der Waals surface area (Å²) in [4.78, 5) is 25.6. The Balaban J connectivity index is 1.55. The van der Waals surface area contributed by atoms with Gasteiger partial charge in [-0.2, -0.15) is 13.2 Å². The fraction of sp³-hybridized carbons (Fsp3) is 0.417. The van der Waals surface area contributed by atoms with E-state index in [0.29, 0.717) is 53.5 Å². The van der Waals surface area contributed by atoms with Crippen LogP contribution in [0.25, 0.3) is 10.6 Å². The average Bonchev–Trinajstić information content (AvgIpc) is 3.23. The predicted octanol–water partition coefficient (Wildman–Crippen LogP) is 5.61. The highest BCUT2D eigenvalue weighted by Gasteiger charge is 2.37. The molecule has 7 nitrogen and oxygen atoms in total. The highest BCUT2D eigenvalue weighted by molar-refractivity contribution is 7.15. The van der Waals surface area contributed by atoms with Crippen molar-refractivity contribution >= 4 is 28.9 Å². The molecule has 1 aliphatic rings. The third-order valence-electron chi connectivity index (χ3n) is 6.05. The Morgan fingerprint density at radius 1 is 1.20 bits per heavy atom. The van der Waals surface area contributed by atoms with Crippen LogP contribution in [0, 0.1) is 12.8 Å². The predicted molar refractivity (Wildman–Crippen MR) is 125 cm³/mol. The number of methoxy groups -OCH3 is 1. The number of alkyl halides is 3. The minimum Gasteiger partial charge on any atom is -0.469 e. The highest BCUT2D eigenvalue weighted by atomic mass is 32.1. The van der Waals surface area contributed by atoms with E-state index in [1.165, 1.54) is 18.4 Å². The number of halogens is 3. The summed E-state index contributed by atoms with van der Waals surface area (Å²) in [5.74, 6) is -0.115. The molecule has 1 saturated carbocycles. The van der Waals surface area contributed by atoms with Gasteiger partial charge in [-0.15, -0.1) is 11.3 Å². The zero-order valence-electron chi connectivity index (χ0n) is 19.2. The van der Waals surface area contributed by atoms with E-state index >= 15 is 0 Å². The van der Waals surface area contributed by atoms with Crippen molar-refractivity contribution in [3.63, 3.8) is 0 Å². The van der Waals surface area contributed by atoms with Crippen LogP contribution in [-0.2, 0) is 21.3 Å². The van der Waals surface area contributed by atoms with E-state index in [4.69, 9.17) is 4.74 Å². The summed E-state index contributed by atoms with van der Waals surface area (Å²) in [7, 11) is 1.37. The summed E-state index contributed by atoms with van der Waals surface area (Å²) in [6.07, 6.45) is 0.983. The SMILES string of the molecule is COC(=O)C1CCCC(O)(c2ncc(-c3cc(C)cc(Nc4cc(C(F)(F)F)ccn4)n3)s2)CC1. The van der Waals surface area contributed by atoms with Gasteiger partial charge in [-0.3, -0.25) is 4.79 Å². The molecule has 4 rings (SSSR count). The van der Waals surface area contributed by atoms with Crippen LogP contribution in [-0.4, -0.2) is 33.1 Å². The summed E-state index contributed by atoms with van der Waals surface area (Å²) in [5.41, 5.74) is -0.527. The van der Waals surface area contributed by atoms with Gasteiger partial charge < -0.3 is 15.2 Å². The molecule has 0 aromatic carbocycles. The third kappa shape index (κ3) is 5.79. The Morgan fingerprint density at radius 3 is 2.74 bits per heavy atom. The van der Waals surface area contributed by atoms with E-state index in [1.807, 2.05) is 13.0 Å². The van der Waals surface area contributed by atoms with E-state index in [1.54, 1.807) is 12.3 Å². The molecule has 3 aromatic rings. The fourth-order valence-corrected chi connectivity index (χ4v) is 5.23. The first-order valence-electron chi connectivity index (χ1n) is 11.1. The molecule has 0 saturated heterocycles. The molecular weight excluding hydrogens is 481 g/mol. The van der Waals surface area contributed by atoms with Crippen LogP contribution in [0.4, 0.5) is 24.8 Å². The van der Waals surface area contributed by atoms with Gasteiger partial charge in [0.25, 0.3) is 0 Å². The molecule has 0 radical (unpaired) electrons. The van der Waals surface area contributed by atoms with Crippen molar-refractivity contribution in [2.45, 2.75) is 50.8 Å². The van der Waals surface area contributed by atoms with Gasteiger partial charge in [0.05, 0.1) is 29.2 Å². The molecule has 1 fully saturated rings. The van der Waals surface area contributed by atoms with Crippen LogP contribution in [0.1, 0.15) is 48.2 Å². The van der Waals surface area contributed by atoms with Gasteiger partial charge in [0.2, 0.25) is 0 Å². The number of rotatable bonds is 5. The lowest BCUT2D eigenvalue weighted by atomic mass is 9.94. The number of aryl methyl sites for hydroxylation is 1. The van der Waals surface area contributed by atoms with Gasteiger partial charge in [0, 0.05) is 12.4 Å². The van der Waals surface area contributed by atoms with Crippen LogP contribution in [0.15, 0.2) is 36.7 Å². The molecule has 0 aliphatic heterocycles. The number of pyridine rings is 2. The summed E-state index contributed by atoms with van der Waals surface area (Å²) < 4.78 is 43.9.